The second-order valence-electron chi connectivity index (χ2n) is 10.2. The average molecular weight is 449 g/mol. The first-order chi connectivity index (χ1) is 16.0. The van der Waals surface area contributed by atoms with Gasteiger partial charge in [-0.1, -0.05) is 49.4 Å². The zero-order chi connectivity index (χ0) is 22.8. The highest BCUT2D eigenvalue weighted by atomic mass is 16.5. The van der Waals surface area contributed by atoms with Gasteiger partial charge >= 0.3 is 0 Å². The summed E-state index contributed by atoms with van der Waals surface area (Å²) in [7, 11) is 0. The van der Waals surface area contributed by atoms with Gasteiger partial charge in [0.15, 0.2) is 0 Å². The average Bonchev–Trinajstić information content (AvgIpc) is 3.66. The van der Waals surface area contributed by atoms with E-state index in [1.807, 2.05) is 18.2 Å². The first-order valence-electron chi connectivity index (χ1n) is 12.6. The Bertz CT molecular complexity index is 968. The number of aliphatic hydroxyl groups excluding tert-OH is 1. The zero-order valence-electron chi connectivity index (χ0n) is 19.6. The molecule has 0 saturated heterocycles. The van der Waals surface area contributed by atoms with E-state index in [-0.39, 0.29) is 29.5 Å². The van der Waals surface area contributed by atoms with Crippen molar-refractivity contribution in [3.05, 3.63) is 65.2 Å². The van der Waals surface area contributed by atoms with Gasteiger partial charge in [0.2, 0.25) is 5.91 Å². The van der Waals surface area contributed by atoms with Crippen LogP contribution in [0.15, 0.2) is 48.5 Å². The van der Waals surface area contributed by atoms with E-state index in [0.717, 1.165) is 49.8 Å². The van der Waals surface area contributed by atoms with Gasteiger partial charge in [0.1, 0.15) is 11.4 Å². The fraction of sp³-hybridized carbons (Fsp3) is 0.536. The summed E-state index contributed by atoms with van der Waals surface area (Å²) in [6.45, 7) is 2.60. The predicted octanol–water partition coefficient (Wildman–Crippen LogP) is 4.08. The maximum Gasteiger partial charge on any atom is 0.223 e. The molecule has 1 unspecified atom stereocenters. The summed E-state index contributed by atoms with van der Waals surface area (Å²) in [5, 5.41) is 18.0. The van der Waals surface area contributed by atoms with Crippen LogP contribution in [0.5, 0.6) is 5.75 Å². The summed E-state index contributed by atoms with van der Waals surface area (Å²) >= 11 is 0. The van der Waals surface area contributed by atoms with Crippen LogP contribution in [0.3, 0.4) is 0 Å². The molecule has 33 heavy (non-hydrogen) atoms. The number of fused-ring (bicyclic) bond motifs is 1. The number of nitrogens with one attached hydrogen (secondary N) is 2. The third-order valence-corrected chi connectivity index (χ3v) is 7.64. The van der Waals surface area contributed by atoms with Crippen molar-refractivity contribution >= 4 is 5.91 Å². The molecule has 3 aliphatic rings. The number of ether oxygens (including phenoxy) is 1. The van der Waals surface area contributed by atoms with Crippen molar-refractivity contribution < 1.29 is 14.6 Å². The van der Waals surface area contributed by atoms with Crippen molar-refractivity contribution in [1.82, 2.24) is 10.6 Å². The Balaban J connectivity index is 1.30. The van der Waals surface area contributed by atoms with Crippen LogP contribution in [-0.2, 0) is 17.6 Å². The lowest BCUT2D eigenvalue weighted by atomic mass is 9.72. The number of benzene rings is 2. The molecule has 5 rings (SSSR count). The van der Waals surface area contributed by atoms with E-state index in [0.29, 0.717) is 13.0 Å². The number of carbonyl (C=O) groups is 1. The van der Waals surface area contributed by atoms with E-state index in [9.17, 15) is 9.90 Å². The standard InChI is InChI=1S/C28H36N2O3/c1-2-19-9-12-26-22(15-19)24(17-28(33-26)13-6-14-28)29-18-25(31)23(30-27(32)21-10-11-21)16-20-7-4-3-5-8-20/h3-5,7-9,12,15,21,23-25,29,31H,2,6,10-11,13-14,16-18H2,1H3,(H,30,32)/t23-,24?,25+/m0/s1. The lowest BCUT2D eigenvalue weighted by Gasteiger charge is -2.48. The van der Waals surface area contributed by atoms with E-state index in [1.165, 1.54) is 17.5 Å². The highest BCUT2D eigenvalue weighted by Gasteiger charge is 2.45. The Morgan fingerprint density at radius 3 is 2.61 bits per heavy atom. The molecule has 1 spiro atoms. The maximum atomic E-state index is 12.5. The molecule has 3 atom stereocenters. The number of aliphatic hydroxyl groups is 1. The van der Waals surface area contributed by atoms with Crippen LogP contribution < -0.4 is 15.4 Å². The molecule has 176 valence electrons. The molecular weight excluding hydrogens is 412 g/mol. The minimum atomic E-state index is -0.675. The van der Waals surface area contributed by atoms with Crippen molar-refractivity contribution in [1.29, 1.82) is 0 Å². The van der Waals surface area contributed by atoms with Gasteiger partial charge in [-0.3, -0.25) is 4.79 Å². The van der Waals surface area contributed by atoms with Gasteiger partial charge in [-0.05, 0) is 62.1 Å². The molecule has 1 amide bonds. The van der Waals surface area contributed by atoms with Gasteiger partial charge in [0.05, 0.1) is 12.1 Å². The van der Waals surface area contributed by atoms with Crippen molar-refractivity contribution in [2.75, 3.05) is 6.54 Å². The molecule has 2 fully saturated rings. The van der Waals surface area contributed by atoms with E-state index in [1.54, 1.807) is 0 Å². The summed E-state index contributed by atoms with van der Waals surface area (Å²) in [4.78, 5) is 12.5. The largest absolute Gasteiger partial charge is 0.487 e. The second kappa shape index (κ2) is 9.47. The Labute approximate surface area is 196 Å². The number of hydrogen-bond donors (Lipinski definition) is 3. The second-order valence-corrected chi connectivity index (χ2v) is 10.2. The molecule has 5 nitrogen and oxygen atoms in total. The minimum Gasteiger partial charge on any atom is -0.487 e. The fourth-order valence-electron chi connectivity index (χ4n) is 5.20. The number of rotatable bonds is 9. The van der Waals surface area contributed by atoms with Crippen LogP contribution in [0.1, 0.15) is 68.2 Å². The summed E-state index contributed by atoms with van der Waals surface area (Å²) < 4.78 is 6.44. The predicted molar refractivity (Wildman–Crippen MR) is 129 cm³/mol. The molecule has 2 saturated carbocycles. The van der Waals surface area contributed by atoms with Crippen LogP contribution in [0, 0.1) is 5.92 Å². The third-order valence-electron chi connectivity index (χ3n) is 7.64. The highest BCUT2D eigenvalue weighted by molar-refractivity contribution is 5.81. The fourth-order valence-corrected chi connectivity index (χ4v) is 5.20. The Morgan fingerprint density at radius 2 is 1.94 bits per heavy atom. The molecule has 0 bridgehead atoms. The van der Waals surface area contributed by atoms with Gasteiger partial charge < -0.3 is 20.5 Å². The molecule has 1 aliphatic heterocycles. The summed E-state index contributed by atoms with van der Waals surface area (Å²) in [5.74, 6) is 1.18. The van der Waals surface area contributed by atoms with E-state index < -0.39 is 6.10 Å². The van der Waals surface area contributed by atoms with Gasteiger partial charge in [-0.15, -0.1) is 0 Å². The lowest BCUT2D eigenvalue weighted by molar-refractivity contribution is -0.123. The quantitative estimate of drug-likeness (QED) is 0.541. The number of hydrogen-bond acceptors (Lipinski definition) is 4. The summed E-state index contributed by atoms with van der Waals surface area (Å²) in [6, 6.07) is 16.5. The monoisotopic (exact) mass is 448 g/mol. The molecule has 0 aromatic heterocycles. The molecule has 3 N–H and O–H groups in total. The smallest absolute Gasteiger partial charge is 0.223 e. The van der Waals surface area contributed by atoms with E-state index in [4.69, 9.17) is 4.74 Å². The third kappa shape index (κ3) is 5.10. The molecule has 0 radical (unpaired) electrons. The zero-order valence-corrected chi connectivity index (χ0v) is 19.6. The Kier molecular flexibility index (Phi) is 6.44. The summed E-state index contributed by atoms with van der Waals surface area (Å²) in [6.07, 6.45) is 7.18. The number of aryl methyl sites for hydroxylation is 1. The minimum absolute atomic E-state index is 0.0625. The number of carbonyl (C=O) groups excluding carboxylic acids is 1. The first kappa shape index (κ1) is 22.4. The van der Waals surface area contributed by atoms with Crippen molar-refractivity contribution in [3.63, 3.8) is 0 Å². The lowest BCUT2D eigenvalue weighted by Crippen LogP contribution is -2.52. The van der Waals surface area contributed by atoms with Crippen molar-refractivity contribution in [2.45, 2.75) is 82.1 Å². The SMILES string of the molecule is CCc1ccc2c(c1)C(NC[C@@H](O)[C@H](Cc1ccccc1)NC(=O)C1CC1)CC1(CCC1)O2. The highest BCUT2D eigenvalue weighted by Crippen LogP contribution is 2.49. The topological polar surface area (TPSA) is 70.6 Å². The number of amides is 1. The van der Waals surface area contributed by atoms with Gasteiger partial charge in [0.25, 0.3) is 0 Å². The molecule has 2 aliphatic carbocycles. The van der Waals surface area contributed by atoms with Crippen LogP contribution in [-0.4, -0.2) is 35.3 Å². The Hall–Kier alpha value is -2.37. The van der Waals surface area contributed by atoms with Crippen LogP contribution in [0.2, 0.25) is 0 Å². The van der Waals surface area contributed by atoms with Crippen molar-refractivity contribution in [3.8, 4) is 5.75 Å². The molecule has 1 heterocycles. The van der Waals surface area contributed by atoms with Gasteiger partial charge in [-0.25, -0.2) is 0 Å². The van der Waals surface area contributed by atoms with Crippen LogP contribution >= 0.6 is 0 Å². The normalized spacial score (nSPS) is 22.5. The van der Waals surface area contributed by atoms with E-state index in [2.05, 4.69) is 47.9 Å². The van der Waals surface area contributed by atoms with Crippen LogP contribution in [0.25, 0.3) is 0 Å². The molecule has 5 heteroatoms. The maximum absolute atomic E-state index is 12.5. The van der Waals surface area contributed by atoms with Gasteiger partial charge in [0, 0.05) is 30.5 Å². The molecule has 2 aromatic rings. The Morgan fingerprint density at radius 1 is 1.15 bits per heavy atom. The van der Waals surface area contributed by atoms with Gasteiger partial charge in [-0.2, -0.15) is 0 Å². The molecular formula is C28H36N2O3. The van der Waals surface area contributed by atoms with E-state index >= 15 is 0 Å². The first-order valence-corrected chi connectivity index (χ1v) is 12.6. The summed E-state index contributed by atoms with van der Waals surface area (Å²) in [5.41, 5.74) is 3.55. The molecule has 2 aromatic carbocycles. The van der Waals surface area contributed by atoms with Crippen LogP contribution in [0.4, 0.5) is 0 Å². The van der Waals surface area contributed by atoms with Crippen molar-refractivity contribution in [2.24, 2.45) is 5.92 Å².